The van der Waals surface area contributed by atoms with Gasteiger partial charge in [0.2, 0.25) is 0 Å². The first-order chi connectivity index (χ1) is 9.24. The standard InChI is InChI=1S/C12H16ClN5S/c1-3-9-18-8(6-19-9)4-5-15-12-10(14-2)11(13)16-7-17-12/h6-7,14H,3-5H2,1-2H3,(H,15,16,17). The molecule has 0 aromatic carbocycles. The van der Waals surface area contributed by atoms with Gasteiger partial charge in [-0.15, -0.1) is 11.3 Å². The summed E-state index contributed by atoms with van der Waals surface area (Å²) in [5.41, 5.74) is 1.83. The predicted molar refractivity (Wildman–Crippen MR) is 80.3 cm³/mol. The van der Waals surface area contributed by atoms with Crippen LogP contribution in [0, 0.1) is 0 Å². The first kappa shape index (κ1) is 14.0. The van der Waals surface area contributed by atoms with Gasteiger partial charge in [-0.2, -0.15) is 0 Å². The van der Waals surface area contributed by atoms with Crippen LogP contribution in [-0.4, -0.2) is 28.5 Å². The minimum absolute atomic E-state index is 0.418. The summed E-state index contributed by atoms with van der Waals surface area (Å²) in [6.07, 6.45) is 3.30. The van der Waals surface area contributed by atoms with Crippen LogP contribution in [0.2, 0.25) is 5.15 Å². The number of nitrogens with one attached hydrogen (secondary N) is 2. The third-order valence-corrected chi connectivity index (χ3v) is 3.95. The topological polar surface area (TPSA) is 62.7 Å². The van der Waals surface area contributed by atoms with E-state index in [-0.39, 0.29) is 0 Å². The molecule has 2 aromatic rings. The third-order valence-electron chi connectivity index (χ3n) is 2.63. The summed E-state index contributed by atoms with van der Waals surface area (Å²) in [7, 11) is 1.80. The van der Waals surface area contributed by atoms with Crippen LogP contribution in [-0.2, 0) is 12.8 Å². The maximum atomic E-state index is 5.98. The van der Waals surface area contributed by atoms with E-state index in [4.69, 9.17) is 11.6 Å². The summed E-state index contributed by atoms with van der Waals surface area (Å²) in [6, 6.07) is 0. The molecule has 2 aromatic heterocycles. The lowest BCUT2D eigenvalue weighted by molar-refractivity contribution is 0.943. The number of aromatic nitrogens is 3. The van der Waals surface area contributed by atoms with E-state index in [9.17, 15) is 0 Å². The molecule has 0 aliphatic heterocycles. The SMILES string of the molecule is CCc1nc(CCNc2ncnc(Cl)c2NC)cs1. The number of aryl methyl sites for hydroxylation is 1. The number of hydrogen-bond donors (Lipinski definition) is 2. The number of rotatable bonds is 6. The first-order valence-corrected chi connectivity index (χ1v) is 7.35. The van der Waals surface area contributed by atoms with E-state index in [1.165, 1.54) is 11.3 Å². The van der Waals surface area contributed by atoms with Crippen LogP contribution in [0.3, 0.4) is 0 Å². The molecule has 0 saturated carbocycles. The number of anilines is 2. The highest BCUT2D eigenvalue weighted by molar-refractivity contribution is 7.09. The van der Waals surface area contributed by atoms with E-state index in [0.717, 1.165) is 30.8 Å². The molecule has 0 fully saturated rings. The summed E-state index contributed by atoms with van der Waals surface area (Å²) in [5, 5.41) is 9.94. The van der Waals surface area contributed by atoms with Crippen LogP contribution < -0.4 is 10.6 Å². The largest absolute Gasteiger partial charge is 0.383 e. The Morgan fingerprint density at radius 1 is 1.37 bits per heavy atom. The second-order valence-electron chi connectivity index (χ2n) is 3.90. The van der Waals surface area contributed by atoms with E-state index < -0.39 is 0 Å². The van der Waals surface area contributed by atoms with Gasteiger partial charge in [0.15, 0.2) is 11.0 Å². The van der Waals surface area contributed by atoms with E-state index in [1.54, 1.807) is 18.4 Å². The zero-order valence-electron chi connectivity index (χ0n) is 10.9. The van der Waals surface area contributed by atoms with Gasteiger partial charge in [0.25, 0.3) is 0 Å². The van der Waals surface area contributed by atoms with Crippen LogP contribution in [0.1, 0.15) is 17.6 Å². The summed E-state index contributed by atoms with van der Waals surface area (Å²) in [4.78, 5) is 12.6. The smallest absolute Gasteiger partial charge is 0.157 e. The van der Waals surface area contributed by atoms with Gasteiger partial charge in [-0.05, 0) is 6.42 Å². The second kappa shape index (κ2) is 6.68. The van der Waals surface area contributed by atoms with Gasteiger partial charge in [0.1, 0.15) is 12.0 Å². The normalized spacial score (nSPS) is 10.5. The van der Waals surface area contributed by atoms with Crippen molar-refractivity contribution in [3.8, 4) is 0 Å². The minimum atomic E-state index is 0.418. The Morgan fingerprint density at radius 3 is 2.89 bits per heavy atom. The summed E-state index contributed by atoms with van der Waals surface area (Å²) < 4.78 is 0. The molecule has 19 heavy (non-hydrogen) atoms. The molecule has 0 bridgehead atoms. The third kappa shape index (κ3) is 3.54. The molecule has 0 radical (unpaired) electrons. The van der Waals surface area contributed by atoms with Crippen molar-refractivity contribution in [2.45, 2.75) is 19.8 Å². The average molecular weight is 298 g/mol. The van der Waals surface area contributed by atoms with Crippen molar-refractivity contribution in [2.75, 3.05) is 24.2 Å². The maximum absolute atomic E-state index is 5.98. The fourth-order valence-electron chi connectivity index (χ4n) is 1.65. The van der Waals surface area contributed by atoms with Gasteiger partial charge in [-0.1, -0.05) is 18.5 Å². The molecule has 2 N–H and O–H groups in total. The Hall–Kier alpha value is -1.40. The van der Waals surface area contributed by atoms with Gasteiger partial charge < -0.3 is 10.6 Å². The number of hydrogen-bond acceptors (Lipinski definition) is 6. The van der Waals surface area contributed by atoms with Crippen molar-refractivity contribution in [3.05, 3.63) is 27.6 Å². The van der Waals surface area contributed by atoms with Crippen molar-refractivity contribution in [1.82, 2.24) is 15.0 Å². The minimum Gasteiger partial charge on any atom is -0.383 e. The lowest BCUT2D eigenvalue weighted by atomic mass is 10.3. The molecule has 0 unspecified atom stereocenters. The van der Waals surface area contributed by atoms with E-state index in [1.807, 2.05) is 0 Å². The monoisotopic (exact) mass is 297 g/mol. The maximum Gasteiger partial charge on any atom is 0.157 e. The van der Waals surface area contributed by atoms with Gasteiger partial charge in [0.05, 0.1) is 10.7 Å². The summed E-state index contributed by atoms with van der Waals surface area (Å²) in [5.74, 6) is 0.716. The zero-order valence-corrected chi connectivity index (χ0v) is 12.5. The fraction of sp³-hybridized carbons (Fsp3) is 0.417. The molecule has 5 nitrogen and oxygen atoms in total. The lowest BCUT2D eigenvalue weighted by Gasteiger charge is -2.10. The number of thiazole rings is 1. The molecule has 0 saturated heterocycles. The van der Waals surface area contributed by atoms with Crippen LogP contribution in [0.4, 0.5) is 11.5 Å². The van der Waals surface area contributed by atoms with Crippen molar-refractivity contribution in [1.29, 1.82) is 0 Å². The lowest BCUT2D eigenvalue weighted by Crippen LogP contribution is -2.09. The van der Waals surface area contributed by atoms with E-state index in [0.29, 0.717) is 11.0 Å². The Labute approximate surface area is 121 Å². The van der Waals surface area contributed by atoms with E-state index in [2.05, 4.69) is 37.9 Å². The Kier molecular flexibility index (Phi) is 4.93. The number of nitrogens with zero attached hydrogens (tertiary/aromatic N) is 3. The Morgan fingerprint density at radius 2 is 2.21 bits per heavy atom. The predicted octanol–water partition coefficient (Wildman–Crippen LogP) is 2.85. The molecular weight excluding hydrogens is 282 g/mol. The molecule has 0 spiro atoms. The van der Waals surface area contributed by atoms with Crippen molar-refractivity contribution < 1.29 is 0 Å². The quantitative estimate of drug-likeness (QED) is 0.803. The van der Waals surface area contributed by atoms with Crippen molar-refractivity contribution in [3.63, 3.8) is 0 Å². The molecule has 0 aliphatic rings. The Balaban J connectivity index is 1.94. The Bertz CT molecular complexity index is 543. The summed E-state index contributed by atoms with van der Waals surface area (Å²) in [6.45, 7) is 2.87. The molecule has 0 aliphatic carbocycles. The van der Waals surface area contributed by atoms with Gasteiger partial charge >= 0.3 is 0 Å². The molecular formula is C12H16ClN5S. The van der Waals surface area contributed by atoms with Gasteiger partial charge in [-0.3, -0.25) is 0 Å². The number of halogens is 1. The van der Waals surface area contributed by atoms with Crippen molar-refractivity contribution in [2.24, 2.45) is 0 Å². The molecule has 0 amide bonds. The highest BCUT2D eigenvalue weighted by Crippen LogP contribution is 2.25. The highest BCUT2D eigenvalue weighted by Gasteiger charge is 2.07. The second-order valence-corrected chi connectivity index (χ2v) is 5.20. The average Bonchev–Trinajstić information content (AvgIpc) is 2.87. The van der Waals surface area contributed by atoms with Crippen LogP contribution in [0.25, 0.3) is 0 Å². The summed E-state index contributed by atoms with van der Waals surface area (Å²) >= 11 is 7.69. The molecule has 7 heteroatoms. The van der Waals surface area contributed by atoms with Crippen LogP contribution >= 0.6 is 22.9 Å². The van der Waals surface area contributed by atoms with Crippen LogP contribution in [0.15, 0.2) is 11.7 Å². The molecule has 0 atom stereocenters. The van der Waals surface area contributed by atoms with Gasteiger partial charge in [-0.25, -0.2) is 15.0 Å². The molecule has 2 rings (SSSR count). The van der Waals surface area contributed by atoms with Crippen LogP contribution in [0.5, 0.6) is 0 Å². The fourth-order valence-corrected chi connectivity index (χ4v) is 2.66. The zero-order chi connectivity index (χ0) is 13.7. The van der Waals surface area contributed by atoms with E-state index >= 15 is 0 Å². The van der Waals surface area contributed by atoms with Gasteiger partial charge in [0, 0.05) is 25.4 Å². The molecule has 2 heterocycles. The van der Waals surface area contributed by atoms with Crippen molar-refractivity contribution >= 4 is 34.4 Å². The molecule has 102 valence electrons. The first-order valence-electron chi connectivity index (χ1n) is 6.10. The highest BCUT2D eigenvalue weighted by atomic mass is 35.5.